The summed E-state index contributed by atoms with van der Waals surface area (Å²) < 4.78 is 86.1. The highest BCUT2D eigenvalue weighted by Crippen LogP contribution is 2.38. The number of carbonyl (C=O) groups is 1. The summed E-state index contributed by atoms with van der Waals surface area (Å²) >= 11 is 0. The minimum Gasteiger partial charge on any atom is -0.378 e. The van der Waals surface area contributed by atoms with Crippen molar-refractivity contribution in [3.63, 3.8) is 0 Å². The van der Waals surface area contributed by atoms with Gasteiger partial charge in [-0.2, -0.15) is 26.3 Å². The molecular formula is C21H18F6N2O2. The van der Waals surface area contributed by atoms with Gasteiger partial charge in [-0.25, -0.2) is 0 Å². The molecular weight excluding hydrogens is 426 g/mol. The van der Waals surface area contributed by atoms with Gasteiger partial charge in [0.15, 0.2) is 0 Å². The Balaban J connectivity index is 1.91. The Bertz CT molecular complexity index is 949. The van der Waals surface area contributed by atoms with Crippen LogP contribution in [0, 0.1) is 0 Å². The van der Waals surface area contributed by atoms with Crippen molar-refractivity contribution in [3.05, 3.63) is 65.7 Å². The van der Waals surface area contributed by atoms with Crippen LogP contribution in [0.5, 0.6) is 0 Å². The zero-order valence-corrected chi connectivity index (χ0v) is 16.1. The maximum atomic E-state index is 13.6. The summed E-state index contributed by atoms with van der Waals surface area (Å²) in [5.41, 5.74) is -3.02. The van der Waals surface area contributed by atoms with Gasteiger partial charge < -0.3 is 15.0 Å². The zero-order valence-electron chi connectivity index (χ0n) is 16.1. The Morgan fingerprint density at radius 1 is 0.968 bits per heavy atom. The molecule has 1 amide bonds. The Kier molecular flexibility index (Phi) is 6.59. The molecule has 10 heteroatoms. The summed E-state index contributed by atoms with van der Waals surface area (Å²) in [7, 11) is 0. The van der Waals surface area contributed by atoms with Crippen LogP contribution in [-0.4, -0.2) is 38.4 Å². The first-order chi connectivity index (χ1) is 14.6. The first-order valence-corrected chi connectivity index (χ1v) is 9.25. The second-order valence-corrected chi connectivity index (χ2v) is 6.74. The lowest BCUT2D eigenvalue weighted by atomic mass is 10.0. The Morgan fingerprint density at radius 2 is 1.61 bits per heavy atom. The highest BCUT2D eigenvalue weighted by atomic mass is 19.4. The molecule has 0 unspecified atom stereocenters. The minimum atomic E-state index is -4.87. The van der Waals surface area contributed by atoms with E-state index in [1.807, 2.05) is 5.32 Å². The lowest BCUT2D eigenvalue weighted by Gasteiger charge is -2.29. The molecule has 166 valence electrons. The third-order valence-corrected chi connectivity index (χ3v) is 4.61. The van der Waals surface area contributed by atoms with Crippen molar-refractivity contribution < 1.29 is 35.9 Å². The molecule has 0 atom stereocenters. The van der Waals surface area contributed by atoms with Crippen molar-refractivity contribution in [3.8, 4) is 0 Å². The molecule has 2 aromatic rings. The number of hydrogen-bond donors (Lipinski definition) is 1. The molecule has 0 saturated carbocycles. The van der Waals surface area contributed by atoms with Crippen molar-refractivity contribution in [2.45, 2.75) is 12.4 Å². The van der Waals surface area contributed by atoms with Gasteiger partial charge >= 0.3 is 12.4 Å². The fourth-order valence-electron chi connectivity index (χ4n) is 3.14. The molecule has 0 aliphatic carbocycles. The molecule has 31 heavy (non-hydrogen) atoms. The number of nitrogens with one attached hydrogen (secondary N) is 1. The van der Waals surface area contributed by atoms with E-state index in [1.165, 1.54) is 24.3 Å². The average molecular weight is 444 g/mol. The van der Waals surface area contributed by atoms with Gasteiger partial charge in [-0.1, -0.05) is 30.3 Å². The van der Waals surface area contributed by atoms with Gasteiger partial charge in [-0.05, 0) is 23.8 Å². The molecule has 3 rings (SSSR count). The van der Waals surface area contributed by atoms with Crippen LogP contribution in [0.15, 0.2) is 54.6 Å². The van der Waals surface area contributed by atoms with E-state index in [9.17, 15) is 31.1 Å². The number of amides is 1. The van der Waals surface area contributed by atoms with E-state index >= 15 is 0 Å². The van der Waals surface area contributed by atoms with Crippen molar-refractivity contribution in [1.82, 2.24) is 0 Å². The summed E-state index contributed by atoms with van der Waals surface area (Å²) in [6.07, 6.45) is -9.43. The second kappa shape index (κ2) is 9.01. The normalized spacial score (nSPS) is 15.7. The van der Waals surface area contributed by atoms with Gasteiger partial charge in [0, 0.05) is 24.9 Å². The number of nitrogens with zero attached hydrogens (tertiary/aromatic N) is 1. The quantitative estimate of drug-likeness (QED) is 0.526. The predicted molar refractivity (Wildman–Crippen MR) is 104 cm³/mol. The van der Waals surface area contributed by atoms with Gasteiger partial charge in [-0.15, -0.1) is 0 Å². The maximum absolute atomic E-state index is 13.6. The summed E-state index contributed by atoms with van der Waals surface area (Å²) in [5, 5.41) is 1.94. The molecule has 2 aromatic carbocycles. The van der Waals surface area contributed by atoms with Gasteiger partial charge in [-0.3, -0.25) is 4.79 Å². The number of hydrogen-bond acceptors (Lipinski definition) is 3. The van der Waals surface area contributed by atoms with Gasteiger partial charge in [0.25, 0.3) is 0 Å². The highest BCUT2D eigenvalue weighted by molar-refractivity contribution is 6.05. The molecule has 1 aliphatic heterocycles. The Labute approximate surface area is 174 Å². The maximum Gasteiger partial charge on any atom is 0.418 e. The van der Waals surface area contributed by atoms with E-state index in [4.69, 9.17) is 4.74 Å². The van der Waals surface area contributed by atoms with Crippen LogP contribution in [-0.2, 0) is 15.7 Å². The Hall–Kier alpha value is -3.01. The van der Waals surface area contributed by atoms with E-state index in [0.717, 1.165) is 24.3 Å². The molecule has 0 radical (unpaired) electrons. The average Bonchev–Trinajstić information content (AvgIpc) is 2.72. The molecule has 0 spiro atoms. The van der Waals surface area contributed by atoms with Crippen LogP contribution in [0.2, 0.25) is 0 Å². The summed E-state index contributed by atoms with van der Waals surface area (Å²) in [4.78, 5) is 13.9. The Morgan fingerprint density at radius 3 is 2.19 bits per heavy atom. The fraction of sp³-hybridized carbons (Fsp3) is 0.286. The van der Waals surface area contributed by atoms with Crippen molar-refractivity contribution in [2.75, 3.05) is 36.5 Å². The van der Waals surface area contributed by atoms with Crippen LogP contribution in [0.3, 0.4) is 0 Å². The number of alkyl halides is 6. The number of halogens is 6. The van der Waals surface area contributed by atoms with Gasteiger partial charge in [0.1, 0.15) is 0 Å². The number of anilines is 2. The number of benzene rings is 2. The zero-order chi connectivity index (χ0) is 22.6. The molecule has 1 heterocycles. The predicted octanol–water partition coefficient (Wildman–Crippen LogP) is 5.13. The van der Waals surface area contributed by atoms with E-state index in [2.05, 4.69) is 0 Å². The topological polar surface area (TPSA) is 41.6 Å². The van der Waals surface area contributed by atoms with Gasteiger partial charge in [0.2, 0.25) is 5.91 Å². The smallest absolute Gasteiger partial charge is 0.378 e. The summed E-state index contributed by atoms with van der Waals surface area (Å²) in [6, 6.07) is 9.82. The van der Waals surface area contributed by atoms with E-state index in [1.54, 1.807) is 4.90 Å². The summed E-state index contributed by atoms with van der Waals surface area (Å²) in [5.74, 6) is -1.32. The standard InChI is InChI=1S/C21H18F6N2O2/c22-20(23,24)16(14-4-2-1-3-5-14)13-19(30)28-18-7-6-15(12-17(18)21(25,26)27)29-8-10-31-11-9-29/h1-7,12-13H,8-11H2,(H,28,30)/b16-13-. The van der Waals surface area contributed by atoms with Crippen molar-refractivity contribution >= 4 is 22.9 Å². The van der Waals surface area contributed by atoms with E-state index in [0.29, 0.717) is 26.3 Å². The molecule has 1 fully saturated rings. The van der Waals surface area contributed by atoms with Crippen LogP contribution in [0.25, 0.3) is 5.57 Å². The third kappa shape index (κ3) is 5.78. The fourth-order valence-corrected chi connectivity index (χ4v) is 3.14. The first kappa shape index (κ1) is 22.7. The lowest BCUT2D eigenvalue weighted by molar-refractivity contribution is -0.136. The SMILES string of the molecule is O=C(/C=C(/c1ccccc1)C(F)(F)F)Nc1ccc(N2CCOCC2)cc1C(F)(F)F. The first-order valence-electron chi connectivity index (χ1n) is 9.25. The molecule has 1 saturated heterocycles. The molecule has 0 aromatic heterocycles. The monoisotopic (exact) mass is 444 g/mol. The number of allylic oxidation sites excluding steroid dienone is 1. The number of rotatable bonds is 4. The summed E-state index contributed by atoms with van der Waals surface area (Å²) in [6.45, 7) is 1.53. The van der Waals surface area contributed by atoms with Crippen LogP contribution in [0.1, 0.15) is 11.1 Å². The third-order valence-electron chi connectivity index (χ3n) is 4.61. The highest BCUT2D eigenvalue weighted by Gasteiger charge is 2.37. The number of ether oxygens (including phenoxy) is 1. The lowest BCUT2D eigenvalue weighted by Crippen LogP contribution is -2.36. The van der Waals surface area contributed by atoms with E-state index in [-0.39, 0.29) is 17.3 Å². The number of carbonyl (C=O) groups excluding carboxylic acids is 1. The second-order valence-electron chi connectivity index (χ2n) is 6.74. The van der Waals surface area contributed by atoms with Gasteiger partial charge in [0.05, 0.1) is 30.0 Å². The minimum absolute atomic E-state index is 0.255. The molecule has 1 aliphatic rings. The van der Waals surface area contributed by atoms with Crippen molar-refractivity contribution in [1.29, 1.82) is 0 Å². The largest absolute Gasteiger partial charge is 0.418 e. The number of morpholine rings is 1. The molecule has 1 N–H and O–H groups in total. The van der Waals surface area contributed by atoms with E-state index < -0.39 is 35.1 Å². The molecule has 0 bridgehead atoms. The molecule has 4 nitrogen and oxygen atoms in total. The van der Waals surface area contributed by atoms with Crippen LogP contribution >= 0.6 is 0 Å². The van der Waals surface area contributed by atoms with Crippen molar-refractivity contribution in [2.24, 2.45) is 0 Å². The van der Waals surface area contributed by atoms with Crippen LogP contribution < -0.4 is 10.2 Å². The van der Waals surface area contributed by atoms with Crippen LogP contribution in [0.4, 0.5) is 37.7 Å².